The van der Waals surface area contributed by atoms with Crippen LogP contribution in [0.3, 0.4) is 0 Å². The number of thiazole rings is 1. The van der Waals surface area contributed by atoms with Crippen molar-refractivity contribution in [3.05, 3.63) is 45.9 Å². The molecule has 0 saturated carbocycles. The molecule has 1 aromatic heterocycles. The van der Waals surface area contributed by atoms with Crippen molar-refractivity contribution < 1.29 is 4.79 Å². The molecule has 0 bridgehead atoms. The molecular weight excluding hydrogens is 246 g/mol. The molecule has 94 valence electrons. The Morgan fingerprint density at radius 1 is 1.44 bits per heavy atom. The van der Waals surface area contributed by atoms with Gasteiger partial charge in [0, 0.05) is 17.6 Å². The summed E-state index contributed by atoms with van der Waals surface area (Å²) in [4.78, 5) is 16.1. The van der Waals surface area contributed by atoms with Gasteiger partial charge in [-0.1, -0.05) is 12.1 Å². The Morgan fingerprint density at radius 2 is 2.28 bits per heavy atom. The van der Waals surface area contributed by atoms with Crippen molar-refractivity contribution in [2.24, 2.45) is 0 Å². The molecule has 0 aliphatic heterocycles. The van der Waals surface area contributed by atoms with Crippen LogP contribution >= 0.6 is 11.3 Å². The summed E-state index contributed by atoms with van der Waals surface area (Å²) in [6, 6.07) is 7.76. The normalized spacial score (nSPS) is 10.3. The van der Waals surface area contributed by atoms with Gasteiger partial charge in [0.2, 0.25) is 0 Å². The van der Waals surface area contributed by atoms with Gasteiger partial charge in [0.1, 0.15) is 5.69 Å². The van der Waals surface area contributed by atoms with Gasteiger partial charge < -0.3 is 10.6 Å². The molecule has 0 unspecified atom stereocenters. The predicted octanol–water partition coefficient (Wildman–Crippen LogP) is 2.42. The van der Waals surface area contributed by atoms with Crippen LogP contribution < -0.4 is 10.6 Å². The molecule has 2 aromatic rings. The summed E-state index contributed by atoms with van der Waals surface area (Å²) in [5.74, 6) is -0.166. The van der Waals surface area contributed by atoms with E-state index in [1.807, 2.05) is 38.2 Å². The van der Waals surface area contributed by atoms with Crippen molar-refractivity contribution in [2.75, 3.05) is 12.4 Å². The SMILES string of the molecule is CNCc1cccc(NC(=O)c2csc(C)n2)c1. The van der Waals surface area contributed by atoms with Crippen LogP contribution in [0.5, 0.6) is 0 Å². The third kappa shape index (κ3) is 3.15. The van der Waals surface area contributed by atoms with Gasteiger partial charge in [-0.15, -0.1) is 11.3 Å². The molecule has 0 atom stereocenters. The summed E-state index contributed by atoms with van der Waals surface area (Å²) in [6.07, 6.45) is 0. The number of rotatable bonds is 4. The Kier molecular flexibility index (Phi) is 4.07. The third-order valence-electron chi connectivity index (χ3n) is 2.42. The first-order valence-electron chi connectivity index (χ1n) is 5.66. The van der Waals surface area contributed by atoms with Gasteiger partial charge in [-0.2, -0.15) is 0 Å². The van der Waals surface area contributed by atoms with Gasteiger partial charge in [-0.3, -0.25) is 4.79 Å². The van der Waals surface area contributed by atoms with Crippen LogP contribution in [0.1, 0.15) is 21.1 Å². The monoisotopic (exact) mass is 261 g/mol. The fourth-order valence-corrected chi connectivity index (χ4v) is 2.22. The van der Waals surface area contributed by atoms with Crippen molar-refractivity contribution in [1.82, 2.24) is 10.3 Å². The minimum atomic E-state index is -0.166. The zero-order chi connectivity index (χ0) is 13.0. The molecule has 0 saturated heterocycles. The van der Waals surface area contributed by atoms with E-state index in [4.69, 9.17) is 0 Å². The zero-order valence-electron chi connectivity index (χ0n) is 10.4. The van der Waals surface area contributed by atoms with Crippen LogP contribution in [0.2, 0.25) is 0 Å². The summed E-state index contributed by atoms with van der Waals surface area (Å²) >= 11 is 1.47. The van der Waals surface area contributed by atoms with E-state index in [1.165, 1.54) is 11.3 Å². The largest absolute Gasteiger partial charge is 0.321 e. The minimum absolute atomic E-state index is 0.166. The minimum Gasteiger partial charge on any atom is -0.321 e. The molecule has 1 heterocycles. The van der Waals surface area contributed by atoms with E-state index in [0.29, 0.717) is 5.69 Å². The van der Waals surface area contributed by atoms with Crippen LogP contribution in [-0.4, -0.2) is 17.9 Å². The third-order valence-corrected chi connectivity index (χ3v) is 3.19. The Labute approximate surface area is 110 Å². The lowest BCUT2D eigenvalue weighted by molar-refractivity contribution is 0.102. The van der Waals surface area contributed by atoms with Crippen molar-refractivity contribution in [1.29, 1.82) is 0 Å². The molecule has 2 N–H and O–H groups in total. The number of benzene rings is 1. The Bertz CT molecular complexity index is 551. The van der Waals surface area contributed by atoms with E-state index in [1.54, 1.807) is 5.38 Å². The molecule has 4 nitrogen and oxygen atoms in total. The second kappa shape index (κ2) is 5.75. The summed E-state index contributed by atoms with van der Waals surface area (Å²) < 4.78 is 0. The molecule has 0 fully saturated rings. The molecule has 2 rings (SSSR count). The van der Waals surface area contributed by atoms with Crippen LogP contribution in [-0.2, 0) is 6.54 Å². The number of carbonyl (C=O) groups excluding carboxylic acids is 1. The molecule has 1 amide bonds. The van der Waals surface area contributed by atoms with Gasteiger partial charge in [-0.25, -0.2) is 4.98 Å². The van der Waals surface area contributed by atoms with E-state index in [2.05, 4.69) is 15.6 Å². The number of carbonyl (C=O) groups is 1. The highest BCUT2D eigenvalue weighted by atomic mass is 32.1. The van der Waals surface area contributed by atoms with E-state index in [9.17, 15) is 4.79 Å². The number of aryl methyl sites for hydroxylation is 1. The zero-order valence-corrected chi connectivity index (χ0v) is 11.2. The van der Waals surface area contributed by atoms with Crippen LogP contribution in [0.15, 0.2) is 29.6 Å². The highest BCUT2D eigenvalue weighted by Gasteiger charge is 2.09. The summed E-state index contributed by atoms with van der Waals surface area (Å²) in [6.45, 7) is 2.66. The predicted molar refractivity (Wildman–Crippen MR) is 74.0 cm³/mol. The first kappa shape index (κ1) is 12.7. The standard InChI is InChI=1S/C13H15N3OS/c1-9-15-12(8-18-9)13(17)16-11-5-3-4-10(6-11)7-14-2/h3-6,8,14H,7H2,1-2H3,(H,16,17). The second-order valence-electron chi connectivity index (χ2n) is 3.94. The molecular formula is C13H15N3OS. The molecule has 0 aliphatic carbocycles. The lowest BCUT2D eigenvalue weighted by atomic mass is 10.2. The summed E-state index contributed by atoms with van der Waals surface area (Å²) in [7, 11) is 1.89. The van der Waals surface area contributed by atoms with Crippen molar-refractivity contribution in [3.8, 4) is 0 Å². The van der Waals surface area contributed by atoms with Gasteiger partial charge in [0.15, 0.2) is 0 Å². The van der Waals surface area contributed by atoms with Crippen molar-refractivity contribution in [2.45, 2.75) is 13.5 Å². The Balaban J connectivity index is 2.09. The number of anilines is 1. The molecule has 0 spiro atoms. The quantitative estimate of drug-likeness (QED) is 0.888. The lowest BCUT2D eigenvalue weighted by Crippen LogP contribution is -2.13. The molecule has 5 heteroatoms. The maximum Gasteiger partial charge on any atom is 0.275 e. The smallest absolute Gasteiger partial charge is 0.275 e. The lowest BCUT2D eigenvalue weighted by Gasteiger charge is -2.06. The first-order valence-corrected chi connectivity index (χ1v) is 6.54. The molecule has 0 aliphatic rings. The van der Waals surface area contributed by atoms with Crippen molar-refractivity contribution >= 4 is 22.9 Å². The fraction of sp³-hybridized carbons (Fsp3) is 0.231. The van der Waals surface area contributed by atoms with E-state index < -0.39 is 0 Å². The van der Waals surface area contributed by atoms with Gasteiger partial charge in [0.25, 0.3) is 5.91 Å². The van der Waals surface area contributed by atoms with Crippen LogP contribution in [0.25, 0.3) is 0 Å². The molecule has 0 radical (unpaired) electrons. The highest BCUT2D eigenvalue weighted by molar-refractivity contribution is 7.09. The average Bonchev–Trinajstić information content (AvgIpc) is 2.77. The number of nitrogens with one attached hydrogen (secondary N) is 2. The van der Waals surface area contributed by atoms with Gasteiger partial charge in [-0.05, 0) is 31.7 Å². The average molecular weight is 261 g/mol. The number of hydrogen-bond donors (Lipinski definition) is 2. The molecule has 18 heavy (non-hydrogen) atoms. The Morgan fingerprint density at radius 3 is 2.94 bits per heavy atom. The number of hydrogen-bond acceptors (Lipinski definition) is 4. The number of amides is 1. The fourth-order valence-electron chi connectivity index (χ4n) is 1.63. The number of nitrogens with zero attached hydrogens (tertiary/aromatic N) is 1. The summed E-state index contributed by atoms with van der Waals surface area (Å²) in [5, 5.41) is 8.58. The molecule has 1 aromatic carbocycles. The summed E-state index contributed by atoms with van der Waals surface area (Å²) in [5.41, 5.74) is 2.39. The topological polar surface area (TPSA) is 54.0 Å². The van der Waals surface area contributed by atoms with E-state index in [-0.39, 0.29) is 5.91 Å². The van der Waals surface area contributed by atoms with Gasteiger partial charge >= 0.3 is 0 Å². The van der Waals surface area contributed by atoms with Crippen molar-refractivity contribution in [3.63, 3.8) is 0 Å². The second-order valence-corrected chi connectivity index (χ2v) is 5.00. The van der Waals surface area contributed by atoms with Gasteiger partial charge in [0.05, 0.1) is 5.01 Å². The van der Waals surface area contributed by atoms with Crippen LogP contribution in [0, 0.1) is 6.92 Å². The number of aromatic nitrogens is 1. The van der Waals surface area contributed by atoms with E-state index in [0.717, 1.165) is 22.8 Å². The maximum absolute atomic E-state index is 11.9. The first-order chi connectivity index (χ1) is 8.69. The Hall–Kier alpha value is -1.72. The highest BCUT2D eigenvalue weighted by Crippen LogP contribution is 2.13. The van der Waals surface area contributed by atoms with E-state index >= 15 is 0 Å². The maximum atomic E-state index is 11.9. The van der Waals surface area contributed by atoms with Crippen LogP contribution in [0.4, 0.5) is 5.69 Å².